The molecule has 4 rings (SSSR count). The summed E-state index contributed by atoms with van der Waals surface area (Å²) in [6.45, 7) is 12.0. The highest BCUT2D eigenvalue weighted by Gasteiger charge is 2.75. The van der Waals surface area contributed by atoms with Gasteiger partial charge >= 0.3 is 5.97 Å². The predicted molar refractivity (Wildman–Crippen MR) is 170 cm³/mol. The Balaban J connectivity index is 1.64. The van der Waals surface area contributed by atoms with Crippen molar-refractivity contribution in [3.8, 4) is 0 Å². The third-order valence-electron chi connectivity index (χ3n) is 9.50. The van der Waals surface area contributed by atoms with E-state index in [1.807, 2.05) is 37.3 Å². The molecule has 0 aromatic heterocycles. The van der Waals surface area contributed by atoms with Crippen LogP contribution >= 0.6 is 0 Å². The second kappa shape index (κ2) is 15.7. The number of allylic oxidation sites excluding steroid dienone is 1. The Bertz CT molecular complexity index is 1220. The Labute approximate surface area is 266 Å². The van der Waals surface area contributed by atoms with Crippen molar-refractivity contribution in [3.05, 3.63) is 61.2 Å². The van der Waals surface area contributed by atoms with Crippen molar-refractivity contribution in [2.24, 2.45) is 11.8 Å². The lowest BCUT2D eigenvalue weighted by atomic mass is 9.70. The summed E-state index contributed by atoms with van der Waals surface area (Å²) in [6.07, 6.45) is 6.94. The number of likely N-dealkylation sites (tertiary alicyclic amines) is 1. The van der Waals surface area contributed by atoms with Crippen molar-refractivity contribution < 1.29 is 33.8 Å². The molecule has 2 bridgehead atoms. The predicted octanol–water partition coefficient (Wildman–Crippen LogP) is 3.70. The lowest BCUT2D eigenvalue weighted by Crippen LogP contribution is -2.58. The van der Waals surface area contributed by atoms with Gasteiger partial charge in [0.15, 0.2) is 0 Å². The van der Waals surface area contributed by atoms with Crippen LogP contribution in [0.15, 0.2) is 55.6 Å². The molecule has 10 nitrogen and oxygen atoms in total. The number of benzene rings is 1. The third kappa shape index (κ3) is 7.02. The number of rotatable bonds is 18. The topological polar surface area (TPSA) is 125 Å². The van der Waals surface area contributed by atoms with Gasteiger partial charge in [-0.2, -0.15) is 0 Å². The number of carbonyl (C=O) groups is 4. The molecule has 3 aliphatic heterocycles. The molecule has 2 N–H and O–H groups in total. The summed E-state index contributed by atoms with van der Waals surface area (Å²) in [5.41, 5.74) is -0.490. The Morgan fingerprint density at radius 3 is 2.60 bits per heavy atom. The molecule has 3 saturated heterocycles. The van der Waals surface area contributed by atoms with Gasteiger partial charge in [0.25, 0.3) is 0 Å². The molecule has 3 aliphatic rings. The van der Waals surface area contributed by atoms with E-state index in [9.17, 15) is 24.3 Å². The Kier molecular flexibility index (Phi) is 12.0. The highest BCUT2D eigenvalue weighted by atomic mass is 16.6. The first kappa shape index (κ1) is 34.4. The average molecular weight is 624 g/mol. The Morgan fingerprint density at radius 2 is 1.96 bits per heavy atom. The fourth-order valence-electron chi connectivity index (χ4n) is 7.26. The maximum Gasteiger partial charge on any atom is 0.313 e. The van der Waals surface area contributed by atoms with E-state index in [1.165, 1.54) is 4.90 Å². The molecule has 0 saturated carbocycles. The van der Waals surface area contributed by atoms with Gasteiger partial charge in [-0.25, -0.2) is 0 Å². The minimum atomic E-state index is -1.20. The average Bonchev–Trinajstić information content (AvgIpc) is 3.70. The number of hydrogen-bond donors (Lipinski definition) is 2. The summed E-state index contributed by atoms with van der Waals surface area (Å²) < 4.78 is 12.7. The van der Waals surface area contributed by atoms with Gasteiger partial charge in [0.1, 0.15) is 17.7 Å². The Hall–Kier alpha value is -3.50. The molecule has 0 aliphatic carbocycles. The smallest absolute Gasteiger partial charge is 0.313 e. The number of carbonyl (C=O) groups excluding carboxylic acids is 4. The van der Waals surface area contributed by atoms with Crippen molar-refractivity contribution in [1.29, 1.82) is 0 Å². The van der Waals surface area contributed by atoms with E-state index in [2.05, 4.69) is 25.4 Å². The summed E-state index contributed by atoms with van der Waals surface area (Å²) in [6, 6.07) is 7.59. The van der Waals surface area contributed by atoms with Crippen LogP contribution in [-0.2, 0) is 28.7 Å². The van der Waals surface area contributed by atoms with Gasteiger partial charge in [0.2, 0.25) is 17.7 Å². The van der Waals surface area contributed by atoms with Crippen LogP contribution in [0.4, 0.5) is 0 Å². The summed E-state index contributed by atoms with van der Waals surface area (Å²) in [7, 11) is 0. The van der Waals surface area contributed by atoms with Crippen LogP contribution in [0.3, 0.4) is 0 Å². The number of amides is 3. The number of hydrogen-bond acceptors (Lipinski definition) is 7. The molecule has 10 heteroatoms. The molecule has 3 heterocycles. The SMILES string of the molecule is C=CCCC(=O)NC[C@H](OC(=O)[C@@H]1[C@H]2C(=O)N([C@@H](CC)CO)[C@H](C(=O)N(CC=C)CCCCC)[C@]23CC[C@H]1O3)c1ccccc1. The van der Waals surface area contributed by atoms with E-state index in [0.29, 0.717) is 44.3 Å². The number of esters is 1. The van der Waals surface area contributed by atoms with Crippen LogP contribution in [0.1, 0.15) is 76.9 Å². The van der Waals surface area contributed by atoms with E-state index < -0.39 is 47.7 Å². The van der Waals surface area contributed by atoms with Crippen molar-refractivity contribution in [2.75, 3.05) is 26.2 Å². The van der Waals surface area contributed by atoms with Gasteiger partial charge in [0, 0.05) is 19.5 Å². The molecule has 1 aromatic rings. The number of aliphatic hydroxyl groups excluding tert-OH is 1. The highest BCUT2D eigenvalue weighted by molar-refractivity contribution is 5.98. The van der Waals surface area contributed by atoms with E-state index in [0.717, 1.165) is 19.3 Å². The lowest BCUT2D eigenvalue weighted by Gasteiger charge is -2.39. The number of nitrogens with zero attached hydrogens (tertiary/aromatic N) is 2. The first-order valence-electron chi connectivity index (χ1n) is 16.4. The van der Waals surface area contributed by atoms with Gasteiger partial charge in [-0.05, 0) is 37.7 Å². The van der Waals surface area contributed by atoms with Crippen molar-refractivity contribution in [2.45, 2.75) is 95.1 Å². The van der Waals surface area contributed by atoms with Crippen molar-refractivity contribution in [1.82, 2.24) is 15.1 Å². The third-order valence-corrected chi connectivity index (χ3v) is 9.50. The van der Waals surface area contributed by atoms with E-state index in [-0.39, 0.29) is 37.3 Å². The van der Waals surface area contributed by atoms with Gasteiger partial charge in [-0.15, -0.1) is 13.2 Å². The van der Waals surface area contributed by atoms with Crippen LogP contribution in [0, 0.1) is 11.8 Å². The number of unbranched alkanes of at least 4 members (excludes halogenated alkanes) is 2. The number of ether oxygens (including phenoxy) is 2. The van der Waals surface area contributed by atoms with Gasteiger partial charge < -0.3 is 29.7 Å². The zero-order valence-corrected chi connectivity index (χ0v) is 26.7. The van der Waals surface area contributed by atoms with Gasteiger partial charge in [0.05, 0.1) is 37.1 Å². The van der Waals surface area contributed by atoms with Gasteiger partial charge in [-0.1, -0.05) is 69.2 Å². The standard InChI is InChI=1S/C35H49N3O7/c1-5-9-14-21-37(20-7-3)33(42)31-35-19-18-26(45-35)29(30(35)32(41)38(31)25(8-4)23-39)34(43)44-27(24-15-12-11-13-16-24)22-36-28(40)17-10-6-2/h6-7,11-13,15-16,25-27,29-31,39H,2-3,5,8-10,14,17-23H2,1,4H3,(H,36,40)/t25-,26+,27-,29-,30-,31+,35-/m0/s1. The summed E-state index contributed by atoms with van der Waals surface area (Å²) >= 11 is 0. The van der Waals surface area contributed by atoms with Crippen LogP contribution in [0.2, 0.25) is 0 Å². The fourth-order valence-corrected chi connectivity index (χ4v) is 7.26. The lowest BCUT2D eigenvalue weighted by molar-refractivity contribution is -0.161. The van der Waals surface area contributed by atoms with E-state index in [4.69, 9.17) is 9.47 Å². The van der Waals surface area contributed by atoms with E-state index >= 15 is 0 Å². The zero-order valence-electron chi connectivity index (χ0n) is 26.7. The number of aliphatic hydroxyl groups is 1. The van der Waals surface area contributed by atoms with Crippen LogP contribution in [-0.4, -0.2) is 88.6 Å². The first-order valence-corrected chi connectivity index (χ1v) is 16.4. The second-order valence-corrected chi connectivity index (χ2v) is 12.3. The van der Waals surface area contributed by atoms with Crippen molar-refractivity contribution in [3.63, 3.8) is 0 Å². The molecule has 246 valence electrons. The van der Waals surface area contributed by atoms with Crippen LogP contribution in [0.25, 0.3) is 0 Å². The summed E-state index contributed by atoms with van der Waals surface area (Å²) in [5.74, 6) is -3.22. The monoisotopic (exact) mass is 623 g/mol. The maximum atomic E-state index is 14.4. The normalized spacial score (nSPS) is 26.2. The maximum absolute atomic E-state index is 14.4. The molecule has 1 aromatic carbocycles. The summed E-state index contributed by atoms with van der Waals surface area (Å²) in [4.78, 5) is 58.4. The molecule has 3 fully saturated rings. The minimum Gasteiger partial charge on any atom is -0.455 e. The van der Waals surface area contributed by atoms with Crippen LogP contribution in [0.5, 0.6) is 0 Å². The fraction of sp³-hybridized carbons (Fsp3) is 0.600. The quantitative estimate of drug-likeness (QED) is 0.145. The minimum absolute atomic E-state index is 0.0671. The van der Waals surface area contributed by atoms with Crippen molar-refractivity contribution >= 4 is 23.7 Å². The Morgan fingerprint density at radius 1 is 1.20 bits per heavy atom. The molecule has 1 spiro atoms. The molecular weight excluding hydrogens is 574 g/mol. The largest absolute Gasteiger partial charge is 0.455 e. The van der Waals surface area contributed by atoms with E-state index in [1.54, 1.807) is 17.1 Å². The number of fused-ring (bicyclic) bond motifs is 1. The zero-order chi connectivity index (χ0) is 32.6. The first-order chi connectivity index (χ1) is 21.8. The number of nitrogens with one attached hydrogen (secondary N) is 1. The van der Waals surface area contributed by atoms with Gasteiger partial charge in [-0.3, -0.25) is 19.2 Å². The molecular formula is C35H49N3O7. The second-order valence-electron chi connectivity index (χ2n) is 12.3. The molecule has 3 amide bonds. The molecule has 7 atom stereocenters. The molecule has 0 unspecified atom stereocenters. The van der Waals surface area contributed by atoms with Crippen LogP contribution < -0.4 is 5.32 Å². The molecule has 0 radical (unpaired) electrons. The highest BCUT2D eigenvalue weighted by Crippen LogP contribution is 2.59. The molecule has 45 heavy (non-hydrogen) atoms. The summed E-state index contributed by atoms with van der Waals surface area (Å²) in [5, 5.41) is 13.2.